The van der Waals surface area contributed by atoms with Gasteiger partial charge in [0.15, 0.2) is 0 Å². The zero-order valence-electron chi connectivity index (χ0n) is 11.8. The molecule has 0 saturated carbocycles. The number of esters is 1. The van der Waals surface area contributed by atoms with Crippen molar-refractivity contribution in [2.45, 2.75) is 6.92 Å². The maximum absolute atomic E-state index is 11.7. The number of rotatable bonds is 2. The van der Waals surface area contributed by atoms with Gasteiger partial charge in [-0.05, 0) is 25.1 Å². The second-order valence-corrected chi connectivity index (χ2v) is 4.62. The van der Waals surface area contributed by atoms with Crippen molar-refractivity contribution >= 4 is 23.4 Å². The van der Waals surface area contributed by atoms with Crippen molar-refractivity contribution in [3.63, 3.8) is 0 Å². The van der Waals surface area contributed by atoms with Crippen molar-refractivity contribution in [1.29, 1.82) is 0 Å². The van der Waals surface area contributed by atoms with E-state index < -0.39 is 5.97 Å². The van der Waals surface area contributed by atoms with Crippen LogP contribution in [0, 0.1) is 6.92 Å². The fourth-order valence-corrected chi connectivity index (χ4v) is 1.92. The van der Waals surface area contributed by atoms with Crippen LogP contribution in [-0.2, 0) is 14.4 Å². The summed E-state index contributed by atoms with van der Waals surface area (Å²) < 4.78 is 6.05. The molecule has 6 nitrogen and oxygen atoms in total. The van der Waals surface area contributed by atoms with E-state index in [0.717, 1.165) is 11.3 Å². The van der Waals surface area contributed by atoms with E-state index in [2.05, 4.69) is 19.8 Å². The van der Waals surface area contributed by atoms with Gasteiger partial charge in [-0.1, -0.05) is 28.9 Å². The first-order valence-corrected chi connectivity index (χ1v) is 6.47. The van der Waals surface area contributed by atoms with Gasteiger partial charge in [0.2, 0.25) is 0 Å². The maximum Gasteiger partial charge on any atom is 0.379 e. The molecule has 0 atom stereocenters. The third-order valence-corrected chi connectivity index (χ3v) is 3.03. The lowest BCUT2D eigenvalue weighted by atomic mass is 10.1. The molecule has 0 bridgehead atoms. The van der Waals surface area contributed by atoms with E-state index in [1.165, 1.54) is 18.9 Å². The van der Waals surface area contributed by atoms with Gasteiger partial charge in [-0.25, -0.2) is 9.48 Å². The molecule has 2 aromatic rings. The molecular formula is C14H14ClN3O3. The lowest BCUT2D eigenvalue weighted by molar-refractivity contribution is -0.133. The Morgan fingerprint density at radius 3 is 2.52 bits per heavy atom. The quantitative estimate of drug-likeness (QED) is 0.370. The number of halogens is 1. The summed E-state index contributed by atoms with van der Waals surface area (Å²) in [7, 11) is 2.62. The molecule has 1 aromatic carbocycles. The number of hydrogen-bond acceptors (Lipinski definition) is 5. The number of aromatic nitrogens is 2. The number of oxime groups is 1. The van der Waals surface area contributed by atoms with E-state index in [4.69, 9.17) is 11.6 Å². The number of ether oxygens (including phenoxy) is 1. The monoisotopic (exact) mass is 307 g/mol. The predicted octanol–water partition coefficient (Wildman–Crippen LogP) is 2.49. The molecule has 0 radical (unpaired) electrons. The van der Waals surface area contributed by atoms with Crippen molar-refractivity contribution in [2.75, 3.05) is 14.2 Å². The number of nitrogens with zero attached hydrogens (tertiary/aromatic N) is 3. The lowest BCUT2D eigenvalue weighted by Crippen LogP contribution is -2.26. The van der Waals surface area contributed by atoms with Crippen LogP contribution in [0.4, 0.5) is 0 Å². The van der Waals surface area contributed by atoms with Crippen LogP contribution in [0.3, 0.4) is 0 Å². The molecule has 21 heavy (non-hydrogen) atoms. The number of carbonyl (C=O) groups is 1. The van der Waals surface area contributed by atoms with Gasteiger partial charge >= 0.3 is 5.97 Å². The van der Waals surface area contributed by atoms with Crippen molar-refractivity contribution in [3.8, 4) is 11.3 Å². The standard InChI is InChI=1S/C14H14ClN3O3/c1-9-8-12(10-4-6-11(15)7-5-10)16-18(9)13(17-21-3)14(19)20-2/h4-8H,1-3H3. The van der Waals surface area contributed by atoms with E-state index >= 15 is 0 Å². The lowest BCUT2D eigenvalue weighted by Gasteiger charge is -2.05. The number of aryl methyl sites for hydroxylation is 1. The van der Waals surface area contributed by atoms with Crippen LogP contribution < -0.4 is 0 Å². The Labute approximate surface area is 126 Å². The smallest absolute Gasteiger partial charge is 0.379 e. The van der Waals surface area contributed by atoms with Crippen LogP contribution in [0.15, 0.2) is 35.5 Å². The maximum atomic E-state index is 11.7. The molecular weight excluding hydrogens is 294 g/mol. The second-order valence-electron chi connectivity index (χ2n) is 4.18. The van der Waals surface area contributed by atoms with Crippen LogP contribution in [0.5, 0.6) is 0 Å². The highest BCUT2D eigenvalue weighted by Gasteiger charge is 2.19. The molecule has 7 heteroatoms. The van der Waals surface area contributed by atoms with Gasteiger partial charge < -0.3 is 9.57 Å². The molecule has 1 aromatic heterocycles. The van der Waals surface area contributed by atoms with Crippen molar-refractivity contribution in [3.05, 3.63) is 41.0 Å². The molecule has 0 aliphatic rings. The summed E-state index contributed by atoms with van der Waals surface area (Å²) in [6.45, 7) is 1.81. The molecule has 1 heterocycles. The highest BCUT2D eigenvalue weighted by atomic mass is 35.5. The van der Waals surface area contributed by atoms with E-state index in [0.29, 0.717) is 10.7 Å². The highest BCUT2D eigenvalue weighted by Crippen LogP contribution is 2.21. The highest BCUT2D eigenvalue weighted by molar-refractivity contribution is 6.35. The normalized spacial score (nSPS) is 11.3. The molecule has 0 aliphatic heterocycles. The Hall–Kier alpha value is -2.34. The van der Waals surface area contributed by atoms with Crippen LogP contribution in [0.1, 0.15) is 5.69 Å². The van der Waals surface area contributed by atoms with Crippen LogP contribution in [0.25, 0.3) is 11.3 Å². The van der Waals surface area contributed by atoms with E-state index in [1.807, 2.05) is 18.2 Å². The van der Waals surface area contributed by atoms with Crippen molar-refractivity contribution < 1.29 is 14.4 Å². The third kappa shape index (κ3) is 3.22. The molecule has 0 N–H and O–H groups in total. The van der Waals surface area contributed by atoms with E-state index in [1.54, 1.807) is 19.1 Å². The first-order valence-electron chi connectivity index (χ1n) is 6.09. The number of hydrogen-bond donors (Lipinski definition) is 0. The average Bonchev–Trinajstić information content (AvgIpc) is 2.86. The number of carbonyl (C=O) groups excluding carboxylic acids is 1. The minimum Gasteiger partial charge on any atom is -0.463 e. The van der Waals surface area contributed by atoms with Gasteiger partial charge in [-0.15, -0.1) is 0 Å². The Kier molecular flexibility index (Phi) is 4.59. The molecule has 0 amide bonds. The summed E-state index contributed by atoms with van der Waals surface area (Å²) in [4.78, 5) is 16.4. The van der Waals surface area contributed by atoms with Gasteiger partial charge in [0.25, 0.3) is 5.84 Å². The fraction of sp³-hybridized carbons (Fsp3) is 0.214. The zero-order valence-corrected chi connectivity index (χ0v) is 12.6. The summed E-state index contributed by atoms with van der Waals surface area (Å²) >= 11 is 5.87. The molecule has 0 spiro atoms. The van der Waals surface area contributed by atoms with E-state index in [-0.39, 0.29) is 5.84 Å². The van der Waals surface area contributed by atoms with Crippen LogP contribution in [0.2, 0.25) is 5.02 Å². The third-order valence-electron chi connectivity index (χ3n) is 2.77. The van der Waals surface area contributed by atoms with Gasteiger partial charge in [0, 0.05) is 16.3 Å². The number of benzene rings is 1. The predicted molar refractivity (Wildman–Crippen MR) is 79.3 cm³/mol. The summed E-state index contributed by atoms with van der Waals surface area (Å²) in [6, 6.07) is 9.07. The Balaban J connectivity index is 2.45. The molecule has 0 unspecified atom stereocenters. The SMILES string of the molecule is CON=C(C(=O)OC)n1nc(-c2ccc(Cl)cc2)cc1C. The summed E-state index contributed by atoms with van der Waals surface area (Å²) in [5, 5.41) is 8.67. The molecule has 0 fully saturated rings. The fourth-order valence-electron chi connectivity index (χ4n) is 1.79. The molecule has 0 saturated heterocycles. The summed E-state index contributed by atoms with van der Waals surface area (Å²) in [5.41, 5.74) is 2.29. The van der Waals surface area contributed by atoms with Gasteiger partial charge in [0.05, 0.1) is 12.8 Å². The zero-order chi connectivity index (χ0) is 15.4. The minimum absolute atomic E-state index is 0.0438. The van der Waals surface area contributed by atoms with Crippen LogP contribution in [-0.4, -0.2) is 35.8 Å². The summed E-state index contributed by atoms with van der Waals surface area (Å²) in [6.07, 6.45) is 0. The minimum atomic E-state index is -0.634. The second kappa shape index (κ2) is 6.41. The van der Waals surface area contributed by atoms with Crippen molar-refractivity contribution in [2.24, 2.45) is 5.16 Å². The van der Waals surface area contributed by atoms with Gasteiger partial charge in [0.1, 0.15) is 7.11 Å². The van der Waals surface area contributed by atoms with Gasteiger partial charge in [-0.3, -0.25) is 0 Å². The first-order chi connectivity index (χ1) is 10.1. The largest absolute Gasteiger partial charge is 0.463 e. The van der Waals surface area contributed by atoms with Gasteiger partial charge in [-0.2, -0.15) is 5.10 Å². The Morgan fingerprint density at radius 2 is 1.95 bits per heavy atom. The van der Waals surface area contributed by atoms with E-state index in [9.17, 15) is 4.79 Å². The molecule has 0 aliphatic carbocycles. The topological polar surface area (TPSA) is 65.7 Å². The average molecular weight is 308 g/mol. The molecule has 2 rings (SSSR count). The number of methoxy groups -OCH3 is 1. The molecule has 110 valence electrons. The summed E-state index contributed by atoms with van der Waals surface area (Å²) in [5.74, 6) is -0.677. The van der Waals surface area contributed by atoms with Crippen LogP contribution >= 0.6 is 11.6 Å². The van der Waals surface area contributed by atoms with Crippen molar-refractivity contribution in [1.82, 2.24) is 9.78 Å². The Bertz CT molecular complexity index is 677. The Morgan fingerprint density at radius 1 is 1.29 bits per heavy atom. The first kappa shape index (κ1) is 15.1.